The maximum absolute atomic E-state index is 13.4. The highest BCUT2D eigenvalue weighted by molar-refractivity contribution is 8.00. The number of rotatable bonds is 7. The predicted octanol–water partition coefficient (Wildman–Crippen LogP) is 2.54. The first-order valence-corrected chi connectivity index (χ1v) is 10.5. The summed E-state index contributed by atoms with van der Waals surface area (Å²) >= 11 is 1.06. The third-order valence-electron chi connectivity index (χ3n) is 3.16. The van der Waals surface area contributed by atoms with E-state index >= 15 is 0 Å². The van der Waals surface area contributed by atoms with Crippen LogP contribution in [0, 0.1) is 5.82 Å². The molecule has 0 radical (unpaired) electrons. The monoisotopic (exact) mass is 396 g/mol. The van der Waals surface area contributed by atoms with Crippen LogP contribution in [-0.4, -0.2) is 38.0 Å². The molecule has 2 aromatic rings. The van der Waals surface area contributed by atoms with E-state index in [9.17, 15) is 22.4 Å². The number of hydrogen-bond acceptors (Lipinski definition) is 5. The zero-order chi connectivity index (χ0) is 19.2. The molecule has 0 fully saturated rings. The molecule has 0 bridgehead atoms. The van der Waals surface area contributed by atoms with Crippen LogP contribution in [0.25, 0.3) is 0 Å². The quantitative estimate of drug-likeness (QED) is 0.750. The Kier molecular flexibility index (Phi) is 6.76. The lowest BCUT2D eigenvalue weighted by Crippen LogP contribution is -2.19. The van der Waals surface area contributed by atoms with Gasteiger partial charge in [-0.2, -0.15) is 0 Å². The summed E-state index contributed by atoms with van der Waals surface area (Å²) in [6, 6.07) is 11.7. The molecule has 0 heterocycles. The van der Waals surface area contributed by atoms with Gasteiger partial charge in [-0.15, -0.1) is 11.8 Å². The molecule has 2 N–H and O–H groups in total. The second kappa shape index (κ2) is 8.81. The van der Waals surface area contributed by atoms with Crippen molar-refractivity contribution in [3.63, 3.8) is 0 Å². The lowest BCUT2D eigenvalue weighted by atomic mass is 10.3. The first kappa shape index (κ1) is 19.9. The van der Waals surface area contributed by atoms with Crippen LogP contribution >= 0.6 is 11.8 Å². The van der Waals surface area contributed by atoms with Crippen molar-refractivity contribution in [2.24, 2.45) is 0 Å². The van der Waals surface area contributed by atoms with Gasteiger partial charge < -0.3 is 10.6 Å². The van der Waals surface area contributed by atoms with Gasteiger partial charge in [0.1, 0.15) is 5.82 Å². The van der Waals surface area contributed by atoms with Gasteiger partial charge in [0.25, 0.3) is 0 Å². The maximum Gasteiger partial charge on any atom is 0.234 e. The zero-order valence-electron chi connectivity index (χ0n) is 13.9. The number of carbonyl (C=O) groups excluding carboxylic acids is 2. The molecular formula is C17H17FN2O4S2. The van der Waals surface area contributed by atoms with Gasteiger partial charge in [-0.1, -0.05) is 18.2 Å². The second-order valence-corrected chi connectivity index (χ2v) is 8.37. The largest absolute Gasteiger partial charge is 0.325 e. The van der Waals surface area contributed by atoms with Crippen molar-refractivity contribution in [3.8, 4) is 0 Å². The highest BCUT2D eigenvalue weighted by atomic mass is 32.2. The Bertz CT molecular complexity index is 916. The molecule has 9 heteroatoms. The summed E-state index contributed by atoms with van der Waals surface area (Å²) in [6.45, 7) is 0. The second-order valence-electron chi connectivity index (χ2n) is 5.37. The van der Waals surface area contributed by atoms with E-state index in [1.807, 2.05) is 0 Å². The summed E-state index contributed by atoms with van der Waals surface area (Å²) in [4.78, 5) is 23.8. The minimum atomic E-state index is -3.36. The van der Waals surface area contributed by atoms with Gasteiger partial charge in [-0.25, -0.2) is 12.8 Å². The van der Waals surface area contributed by atoms with Crippen LogP contribution in [0.2, 0.25) is 0 Å². The minimum absolute atomic E-state index is 0.00616. The highest BCUT2D eigenvalue weighted by Gasteiger charge is 2.11. The molecular weight excluding hydrogens is 379 g/mol. The molecule has 2 rings (SSSR count). The Labute approximate surface area is 155 Å². The van der Waals surface area contributed by atoms with Gasteiger partial charge in [0, 0.05) is 11.9 Å². The van der Waals surface area contributed by atoms with E-state index in [1.54, 1.807) is 12.1 Å². The number of thioether (sulfide) groups is 1. The number of anilines is 2. The number of sulfone groups is 1. The van der Waals surface area contributed by atoms with Crippen molar-refractivity contribution >= 4 is 44.8 Å². The van der Waals surface area contributed by atoms with E-state index in [1.165, 1.54) is 36.4 Å². The highest BCUT2D eigenvalue weighted by Crippen LogP contribution is 2.16. The molecule has 0 saturated carbocycles. The number of amides is 2. The molecule has 2 amide bonds. The molecule has 0 aliphatic heterocycles. The topological polar surface area (TPSA) is 92.3 Å². The summed E-state index contributed by atoms with van der Waals surface area (Å²) in [5.74, 6) is -1.36. The third-order valence-corrected chi connectivity index (χ3v) is 5.20. The molecule has 0 unspecified atom stereocenters. The standard InChI is InChI=1S/C17H17FN2O4S2/c1-26(23,24)13-6-4-5-12(9-13)19-16(21)10-25-11-17(22)20-15-8-3-2-7-14(15)18/h2-9H,10-11H2,1H3,(H,19,21)(H,20,22). The van der Waals surface area contributed by atoms with Gasteiger partial charge >= 0.3 is 0 Å². The van der Waals surface area contributed by atoms with E-state index in [0.29, 0.717) is 5.69 Å². The van der Waals surface area contributed by atoms with Crippen molar-refractivity contribution < 1.29 is 22.4 Å². The molecule has 0 saturated heterocycles. The van der Waals surface area contributed by atoms with E-state index < -0.39 is 21.6 Å². The fraction of sp³-hybridized carbons (Fsp3) is 0.176. The Morgan fingerprint density at radius 3 is 2.31 bits per heavy atom. The average Bonchev–Trinajstić information content (AvgIpc) is 2.56. The number of carbonyl (C=O) groups is 2. The predicted molar refractivity (Wildman–Crippen MR) is 101 cm³/mol. The van der Waals surface area contributed by atoms with E-state index in [2.05, 4.69) is 10.6 Å². The van der Waals surface area contributed by atoms with Crippen molar-refractivity contribution in [1.29, 1.82) is 0 Å². The molecule has 0 aliphatic rings. The zero-order valence-corrected chi connectivity index (χ0v) is 15.5. The van der Waals surface area contributed by atoms with Crippen LogP contribution in [0.5, 0.6) is 0 Å². The maximum atomic E-state index is 13.4. The van der Waals surface area contributed by atoms with Gasteiger partial charge in [0.15, 0.2) is 9.84 Å². The Balaban J connectivity index is 1.80. The van der Waals surface area contributed by atoms with Crippen molar-refractivity contribution in [2.45, 2.75) is 4.90 Å². The Morgan fingerprint density at radius 1 is 1.00 bits per heavy atom. The summed E-state index contributed by atoms with van der Waals surface area (Å²) in [6.07, 6.45) is 1.08. The fourth-order valence-corrected chi connectivity index (χ4v) is 3.27. The number of hydrogen-bond donors (Lipinski definition) is 2. The lowest BCUT2D eigenvalue weighted by Gasteiger charge is -2.08. The molecule has 0 aromatic heterocycles. The van der Waals surface area contributed by atoms with Crippen molar-refractivity contribution in [1.82, 2.24) is 0 Å². The molecule has 138 valence electrons. The van der Waals surface area contributed by atoms with Gasteiger partial charge in [0.2, 0.25) is 11.8 Å². The summed E-state index contributed by atoms with van der Waals surface area (Å²) in [5, 5.41) is 5.00. The molecule has 2 aromatic carbocycles. The number of benzene rings is 2. The average molecular weight is 396 g/mol. The first-order valence-electron chi connectivity index (χ1n) is 7.48. The Morgan fingerprint density at radius 2 is 1.65 bits per heavy atom. The number of halogens is 1. The molecule has 0 aliphatic carbocycles. The van der Waals surface area contributed by atoms with Crippen LogP contribution in [0.15, 0.2) is 53.4 Å². The van der Waals surface area contributed by atoms with E-state index in [-0.39, 0.29) is 28.0 Å². The smallest absolute Gasteiger partial charge is 0.234 e. The SMILES string of the molecule is CS(=O)(=O)c1cccc(NC(=O)CSCC(=O)Nc2ccccc2F)c1. The minimum Gasteiger partial charge on any atom is -0.325 e. The number of para-hydroxylation sites is 1. The molecule has 26 heavy (non-hydrogen) atoms. The van der Waals surface area contributed by atoms with Gasteiger partial charge in [-0.05, 0) is 30.3 Å². The van der Waals surface area contributed by atoms with Crippen LogP contribution in [0.1, 0.15) is 0 Å². The summed E-state index contributed by atoms with van der Waals surface area (Å²) in [5.41, 5.74) is 0.439. The first-order chi connectivity index (χ1) is 12.3. The van der Waals surface area contributed by atoms with Crippen molar-refractivity contribution in [3.05, 3.63) is 54.3 Å². The van der Waals surface area contributed by atoms with Crippen LogP contribution in [0.3, 0.4) is 0 Å². The molecule has 6 nitrogen and oxygen atoms in total. The number of nitrogens with one attached hydrogen (secondary N) is 2. The van der Waals surface area contributed by atoms with Crippen molar-refractivity contribution in [2.75, 3.05) is 28.4 Å². The molecule has 0 spiro atoms. The van der Waals surface area contributed by atoms with E-state index in [4.69, 9.17) is 0 Å². The van der Waals surface area contributed by atoms with Gasteiger partial charge in [-0.3, -0.25) is 9.59 Å². The lowest BCUT2D eigenvalue weighted by molar-refractivity contribution is -0.114. The van der Waals surface area contributed by atoms with Crippen LogP contribution < -0.4 is 10.6 Å². The summed E-state index contributed by atoms with van der Waals surface area (Å²) in [7, 11) is -3.36. The van der Waals surface area contributed by atoms with Crippen LogP contribution in [-0.2, 0) is 19.4 Å². The fourth-order valence-electron chi connectivity index (χ4n) is 1.99. The normalized spacial score (nSPS) is 11.0. The van der Waals surface area contributed by atoms with Gasteiger partial charge in [0.05, 0.1) is 22.1 Å². The summed E-state index contributed by atoms with van der Waals surface area (Å²) < 4.78 is 36.4. The Hall–Kier alpha value is -2.39. The van der Waals surface area contributed by atoms with Crippen LogP contribution in [0.4, 0.5) is 15.8 Å². The molecule has 0 atom stereocenters. The van der Waals surface area contributed by atoms with E-state index in [0.717, 1.165) is 18.0 Å². The third kappa shape index (κ3) is 6.16.